The number of rotatable bonds is 18. The van der Waals surface area contributed by atoms with Crippen molar-refractivity contribution in [1.82, 2.24) is 10.2 Å². The third-order valence-corrected chi connectivity index (χ3v) is 4.92. The fourth-order valence-corrected chi connectivity index (χ4v) is 2.76. The standard InChI is InChI=1S/C17H34N2O6S.C5H8O2/c1-18-4-7-21-8-9-22-10-11-23-12-13-24-14-15-25-17(20)19-5-2-16(26)3-6-19;1-5(7)3-2-4-6/h16,18,26H,2-15H2,1H3;4H,2-3H2,1H3. The topological polar surface area (TPSA) is 113 Å². The minimum absolute atomic E-state index is 0.0760. The van der Waals surface area contributed by atoms with Crippen LogP contribution in [0.3, 0.4) is 0 Å². The molecule has 10 nitrogen and oxygen atoms in total. The van der Waals surface area contributed by atoms with Gasteiger partial charge in [-0.25, -0.2) is 4.79 Å². The van der Waals surface area contributed by atoms with Crippen LogP contribution >= 0.6 is 12.6 Å². The van der Waals surface area contributed by atoms with Gasteiger partial charge in [-0.1, -0.05) is 0 Å². The molecule has 0 bridgehead atoms. The van der Waals surface area contributed by atoms with Crippen molar-refractivity contribution in [3.8, 4) is 0 Å². The van der Waals surface area contributed by atoms with Gasteiger partial charge in [-0.3, -0.25) is 0 Å². The van der Waals surface area contributed by atoms with Gasteiger partial charge in [0.15, 0.2) is 0 Å². The number of hydrogen-bond donors (Lipinski definition) is 2. The molecule has 0 atom stereocenters. The first-order chi connectivity index (χ1) is 16.0. The number of likely N-dealkylation sites (N-methyl/N-ethyl adjacent to an activating group) is 1. The summed E-state index contributed by atoms with van der Waals surface area (Å²) in [6.07, 6.45) is 3.08. The van der Waals surface area contributed by atoms with Crippen LogP contribution in [0.1, 0.15) is 32.6 Å². The minimum Gasteiger partial charge on any atom is -0.447 e. The molecule has 11 heteroatoms. The average Bonchev–Trinajstić information content (AvgIpc) is 2.81. The summed E-state index contributed by atoms with van der Waals surface area (Å²) in [5.41, 5.74) is 0. The van der Waals surface area contributed by atoms with Crippen molar-refractivity contribution >= 4 is 30.8 Å². The molecular weight excluding hydrogens is 452 g/mol. The number of thiol groups is 1. The van der Waals surface area contributed by atoms with Crippen molar-refractivity contribution in [3.63, 3.8) is 0 Å². The normalized spacial score (nSPS) is 13.8. The Labute approximate surface area is 203 Å². The molecule has 1 saturated heterocycles. The van der Waals surface area contributed by atoms with Crippen LogP contribution in [0.5, 0.6) is 0 Å². The smallest absolute Gasteiger partial charge is 0.409 e. The highest BCUT2D eigenvalue weighted by molar-refractivity contribution is 7.80. The van der Waals surface area contributed by atoms with Crippen LogP contribution in [-0.2, 0) is 33.3 Å². The largest absolute Gasteiger partial charge is 0.447 e. The van der Waals surface area contributed by atoms with E-state index in [1.54, 1.807) is 4.90 Å². The molecule has 33 heavy (non-hydrogen) atoms. The molecule has 0 radical (unpaired) electrons. The van der Waals surface area contributed by atoms with E-state index < -0.39 is 0 Å². The van der Waals surface area contributed by atoms with Gasteiger partial charge in [-0.15, -0.1) is 0 Å². The number of aldehydes is 1. The Bertz CT molecular complexity index is 491. The first-order valence-electron chi connectivity index (χ1n) is 11.5. The summed E-state index contributed by atoms with van der Waals surface area (Å²) in [5, 5.41) is 3.40. The number of likely N-dealkylation sites (tertiary alicyclic amines) is 1. The molecule has 0 saturated carbocycles. The van der Waals surface area contributed by atoms with E-state index in [0.29, 0.717) is 84.0 Å². The van der Waals surface area contributed by atoms with Crippen molar-refractivity contribution < 1.29 is 38.1 Å². The fourth-order valence-electron chi connectivity index (χ4n) is 2.53. The first-order valence-corrected chi connectivity index (χ1v) is 12.0. The molecule has 1 aliphatic heterocycles. The average molecular weight is 495 g/mol. The zero-order valence-corrected chi connectivity index (χ0v) is 21.0. The van der Waals surface area contributed by atoms with Crippen LogP contribution in [0.2, 0.25) is 0 Å². The Morgan fingerprint density at radius 1 is 0.909 bits per heavy atom. The Hall–Kier alpha value is -1.24. The number of ether oxygens (including phenoxy) is 5. The molecule has 0 unspecified atom stereocenters. The highest BCUT2D eigenvalue weighted by atomic mass is 32.1. The third-order valence-electron chi connectivity index (χ3n) is 4.40. The summed E-state index contributed by atoms with van der Waals surface area (Å²) in [6, 6.07) is 0. The second kappa shape index (κ2) is 23.9. The minimum atomic E-state index is -0.267. The van der Waals surface area contributed by atoms with Gasteiger partial charge in [0.25, 0.3) is 0 Å². The lowest BCUT2D eigenvalue weighted by molar-refractivity contribution is -0.118. The molecule has 0 aliphatic carbocycles. The third kappa shape index (κ3) is 22.3. The van der Waals surface area contributed by atoms with Gasteiger partial charge in [-0.2, -0.15) is 12.6 Å². The number of amides is 1. The Morgan fingerprint density at radius 2 is 1.39 bits per heavy atom. The monoisotopic (exact) mass is 494 g/mol. The second-order valence-electron chi connectivity index (χ2n) is 7.29. The molecule has 0 aromatic rings. The SMILES string of the molecule is CC(=O)CCC=O.CNCCOCCOCCOCCOCCOC(=O)N1CCC(S)CC1. The van der Waals surface area contributed by atoms with E-state index in [9.17, 15) is 14.4 Å². The van der Waals surface area contributed by atoms with Crippen molar-refractivity contribution in [3.05, 3.63) is 0 Å². The maximum Gasteiger partial charge on any atom is 0.409 e. The number of Topliss-reactive ketones (excluding diaryl/α,β-unsaturated/α-hetero) is 1. The summed E-state index contributed by atoms with van der Waals surface area (Å²) in [7, 11) is 1.89. The molecule has 1 heterocycles. The lowest BCUT2D eigenvalue weighted by Crippen LogP contribution is -2.39. The van der Waals surface area contributed by atoms with Crippen molar-refractivity contribution in [2.75, 3.05) is 86.1 Å². The molecule has 0 aromatic heterocycles. The summed E-state index contributed by atoms with van der Waals surface area (Å²) in [5.74, 6) is 0.0760. The summed E-state index contributed by atoms with van der Waals surface area (Å²) < 4.78 is 26.6. The first kappa shape index (κ1) is 31.8. The van der Waals surface area contributed by atoms with Crippen LogP contribution in [0, 0.1) is 0 Å². The van der Waals surface area contributed by atoms with Crippen molar-refractivity contribution in [2.45, 2.75) is 37.9 Å². The van der Waals surface area contributed by atoms with Gasteiger partial charge in [0.05, 0.1) is 52.9 Å². The van der Waals surface area contributed by atoms with Gasteiger partial charge >= 0.3 is 6.09 Å². The molecule has 1 rings (SSSR count). The van der Waals surface area contributed by atoms with Crippen molar-refractivity contribution in [1.29, 1.82) is 0 Å². The number of piperidine rings is 1. The maximum absolute atomic E-state index is 11.8. The quantitative estimate of drug-likeness (QED) is 0.166. The Morgan fingerprint density at radius 3 is 1.82 bits per heavy atom. The van der Waals surface area contributed by atoms with Crippen LogP contribution in [0.15, 0.2) is 0 Å². The summed E-state index contributed by atoms with van der Waals surface area (Å²) in [4.78, 5) is 33.1. The predicted molar refractivity (Wildman–Crippen MR) is 128 cm³/mol. The molecule has 194 valence electrons. The molecule has 0 aromatic carbocycles. The Balaban J connectivity index is 0.00000126. The zero-order valence-electron chi connectivity index (χ0n) is 20.1. The van der Waals surface area contributed by atoms with E-state index in [0.717, 1.165) is 25.7 Å². The highest BCUT2D eigenvalue weighted by Crippen LogP contribution is 2.15. The summed E-state index contributed by atoms with van der Waals surface area (Å²) >= 11 is 4.41. The predicted octanol–water partition coefficient (Wildman–Crippen LogP) is 1.36. The zero-order chi connectivity index (χ0) is 24.6. The maximum atomic E-state index is 11.8. The van der Waals surface area contributed by atoms with Gasteiger partial charge < -0.3 is 43.5 Å². The second-order valence-corrected chi connectivity index (χ2v) is 8.02. The molecular formula is C22H42N2O8S. The van der Waals surface area contributed by atoms with E-state index in [1.807, 2.05) is 7.05 Å². The van der Waals surface area contributed by atoms with E-state index >= 15 is 0 Å². The number of nitrogens with one attached hydrogen (secondary N) is 1. The van der Waals surface area contributed by atoms with E-state index in [1.165, 1.54) is 6.92 Å². The molecule has 0 spiro atoms. The van der Waals surface area contributed by atoms with Gasteiger partial charge in [-0.05, 0) is 26.8 Å². The summed E-state index contributed by atoms with van der Waals surface area (Å²) in [6.45, 7) is 8.26. The van der Waals surface area contributed by atoms with Crippen molar-refractivity contribution in [2.24, 2.45) is 0 Å². The number of nitrogens with zero attached hydrogens (tertiary/aromatic N) is 1. The van der Waals surface area contributed by atoms with Crippen LogP contribution in [0.25, 0.3) is 0 Å². The molecule has 1 fully saturated rings. The molecule has 1 amide bonds. The van der Waals surface area contributed by atoms with E-state index in [-0.39, 0.29) is 18.5 Å². The van der Waals surface area contributed by atoms with Crippen LogP contribution in [-0.4, -0.2) is 114 Å². The van der Waals surface area contributed by atoms with E-state index in [4.69, 9.17) is 23.7 Å². The number of carbonyl (C=O) groups excluding carboxylic acids is 3. The fraction of sp³-hybridized carbons (Fsp3) is 0.864. The van der Waals surface area contributed by atoms with Crippen LogP contribution in [0.4, 0.5) is 4.79 Å². The number of ketones is 1. The highest BCUT2D eigenvalue weighted by Gasteiger charge is 2.21. The van der Waals surface area contributed by atoms with Gasteiger partial charge in [0, 0.05) is 37.7 Å². The van der Waals surface area contributed by atoms with Gasteiger partial charge in [0.1, 0.15) is 18.7 Å². The van der Waals surface area contributed by atoms with E-state index in [2.05, 4.69) is 17.9 Å². The number of hydrogen-bond acceptors (Lipinski definition) is 10. The Kier molecular flexibility index (Phi) is 23.0. The van der Waals surface area contributed by atoms with Crippen LogP contribution < -0.4 is 5.32 Å². The lowest BCUT2D eigenvalue weighted by atomic mass is 10.1. The van der Waals surface area contributed by atoms with Gasteiger partial charge in [0.2, 0.25) is 0 Å². The molecule has 1 N–H and O–H groups in total. The number of carbonyl (C=O) groups is 3. The molecule has 1 aliphatic rings. The lowest BCUT2D eigenvalue weighted by Gasteiger charge is -2.28.